The first kappa shape index (κ1) is 16.6. The Balaban J connectivity index is 1.98. The van der Waals surface area contributed by atoms with Crippen molar-refractivity contribution < 1.29 is 23.4 Å². The molecule has 1 fully saturated rings. The van der Waals surface area contributed by atoms with E-state index in [9.17, 15) is 4.79 Å². The van der Waals surface area contributed by atoms with Crippen LogP contribution in [0.3, 0.4) is 0 Å². The first-order valence-corrected chi connectivity index (χ1v) is 8.50. The van der Waals surface area contributed by atoms with Crippen LogP contribution in [0.4, 0.5) is 0 Å². The zero-order valence-corrected chi connectivity index (χ0v) is 14.6. The summed E-state index contributed by atoms with van der Waals surface area (Å²) in [6.45, 7) is 0.645. The van der Waals surface area contributed by atoms with Gasteiger partial charge in [-0.3, -0.25) is 4.79 Å². The molecule has 0 radical (unpaired) electrons. The van der Waals surface area contributed by atoms with Crippen molar-refractivity contribution >= 4 is 17.7 Å². The van der Waals surface area contributed by atoms with Crippen LogP contribution in [0, 0.1) is 0 Å². The number of methoxy groups -OCH3 is 3. The van der Waals surface area contributed by atoms with E-state index in [-0.39, 0.29) is 11.3 Å². The molecule has 7 heteroatoms. The van der Waals surface area contributed by atoms with E-state index < -0.39 is 0 Å². The Bertz CT molecular complexity index is 716. The predicted molar refractivity (Wildman–Crippen MR) is 91.0 cm³/mol. The van der Waals surface area contributed by atoms with Crippen molar-refractivity contribution in [2.24, 2.45) is 0 Å². The highest BCUT2D eigenvalue weighted by atomic mass is 32.2. The zero-order chi connectivity index (χ0) is 17.1. The molecule has 1 atom stereocenters. The fourth-order valence-electron chi connectivity index (χ4n) is 2.72. The van der Waals surface area contributed by atoms with Crippen LogP contribution in [0.5, 0.6) is 17.2 Å². The molecule has 1 aromatic heterocycles. The molecule has 6 nitrogen and oxygen atoms in total. The van der Waals surface area contributed by atoms with Crippen LogP contribution in [0.2, 0.25) is 0 Å². The smallest absolute Gasteiger partial charge is 0.290 e. The van der Waals surface area contributed by atoms with Gasteiger partial charge in [0, 0.05) is 23.9 Å². The number of thioether (sulfide) groups is 1. The normalized spacial score (nSPS) is 17.0. The molecule has 1 amide bonds. The Morgan fingerprint density at radius 3 is 2.50 bits per heavy atom. The molecule has 0 saturated carbocycles. The van der Waals surface area contributed by atoms with Crippen LogP contribution in [0.25, 0.3) is 0 Å². The van der Waals surface area contributed by atoms with Crippen molar-refractivity contribution in [1.29, 1.82) is 0 Å². The van der Waals surface area contributed by atoms with Gasteiger partial charge < -0.3 is 23.5 Å². The Hall–Kier alpha value is -2.28. The van der Waals surface area contributed by atoms with Gasteiger partial charge in [-0.2, -0.15) is 0 Å². The van der Waals surface area contributed by atoms with Crippen molar-refractivity contribution in [3.05, 3.63) is 41.9 Å². The Labute approximate surface area is 144 Å². The molecule has 0 spiro atoms. The summed E-state index contributed by atoms with van der Waals surface area (Å²) in [5.41, 5.74) is 0.873. The second-order valence-electron chi connectivity index (χ2n) is 5.15. The molecule has 3 rings (SSSR count). The third-order valence-electron chi connectivity index (χ3n) is 3.89. The summed E-state index contributed by atoms with van der Waals surface area (Å²) in [6.07, 6.45) is 1.50. The molecule has 2 aromatic rings. The van der Waals surface area contributed by atoms with Gasteiger partial charge in [-0.25, -0.2) is 0 Å². The Morgan fingerprint density at radius 2 is 1.88 bits per heavy atom. The highest BCUT2D eigenvalue weighted by Crippen LogP contribution is 2.46. The molecule has 1 aliphatic heterocycles. The maximum atomic E-state index is 12.7. The van der Waals surface area contributed by atoms with E-state index >= 15 is 0 Å². The molecule has 2 heterocycles. The standard InChI is InChI=1S/C17H19NO5S/c1-20-13-10-15(22-3)14(21-2)9-11(13)17-18(6-8-24-17)16(19)12-5-4-7-23-12/h4-5,7,9-10,17H,6,8H2,1-3H3. The fourth-order valence-corrected chi connectivity index (χ4v) is 3.99. The van der Waals surface area contributed by atoms with E-state index in [1.807, 2.05) is 6.07 Å². The quantitative estimate of drug-likeness (QED) is 0.826. The lowest BCUT2D eigenvalue weighted by molar-refractivity contribution is 0.0727. The molecule has 1 aromatic carbocycles. The molecule has 1 unspecified atom stereocenters. The number of furan rings is 1. The van der Waals surface area contributed by atoms with Crippen LogP contribution >= 0.6 is 11.8 Å². The van der Waals surface area contributed by atoms with Crippen molar-refractivity contribution in [3.8, 4) is 17.2 Å². The second kappa shape index (κ2) is 7.09. The second-order valence-corrected chi connectivity index (χ2v) is 6.34. The summed E-state index contributed by atoms with van der Waals surface area (Å²) in [6, 6.07) is 7.03. The SMILES string of the molecule is COc1cc(OC)c(C2SCCN2C(=O)c2ccco2)cc1OC. The molecule has 24 heavy (non-hydrogen) atoms. The number of carbonyl (C=O) groups is 1. The first-order valence-electron chi connectivity index (χ1n) is 7.45. The topological polar surface area (TPSA) is 61.1 Å². The van der Waals surface area contributed by atoms with Crippen molar-refractivity contribution in [2.75, 3.05) is 33.6 Å². The number of nitrogens with zero attached hydrogens (tertiary/aromatic N) is 1. The minimum atomic E-state index is -0.169. The largest absolute Gasteiger partial charge is 0.496 e. The minimum Gasteiger partial charge on any atom is -0.496 e. The highest BCUT2D eigenvalue weighted by molar-refractivity contribution is 7.99. The third-order valence-corrected chi connectivity index (χ3v) is 5.13. The van der Waals surface area contributed by atoms with Gasteiger partial charge in [-0.1, -0.05) is 0 Å². The molecule has 1 saturated heterocycles. The summed E-state index contributed by atoms with van der Waals surface area (Å²) < 4.78 is 21.5. The summed E-state index contributed by atoms with van der Waals surface area (Å²) in [7, 11) is 4.76. The maximum absolute atomic E-state index is 12.7. The van der Waals surface area contributed by atoms with E-state index in [2.05, 4.69) is 0 Å². The van der Waals surface area contributed by atoms with Crippen molar-refractivity contribution in [3.63, 3.8) is 0 Å². The van der Waals surface area contributed by atoms with Crippen molar-refractivity contribution in [2.45, 2.75) is 5.37 Å². The molecule has 0 N–H and O–H groups in total. The molecule has 0 aliphatic carbocycles. The number of hydrogen-bond donors (Lipinski definition) is 0. The molecule has 0 bridgehead atoms. The zero-order valence-electron chi connectivity index (χ0n) is 13.8. The van der Waals surface area contributed by atoms with E-state index in [4.69, 9.17) is 18.6 Å². The van der Waals surface area contributed by atoms with Crippen molar-refractivity contribution in [1.82, 2.24) is 4.90 Å². The average Bonchev–Trinajstić information content (AvgIpc) is 3.31. The van der Waals surface area contributed by atoms with Gasteiger partial charge in [0.25, 0.3) is 5.91 Å². The summed E-state index contributed by atoms with van der Waals surface area (Å²) in [5, 5.41) is -0.169. The van der Waals surface area contributed by atoms with E-state index in [0.717, 1.165) is 11.3 Å². The fraction of sp³-hybridized carbons (Fsp3) is 0.353. The average molecular weight is 349 g/mol. The number of ether oxygens (including phenoxy) is 3. The molecular formula is C17H19NO5S. The van der Waals surface area contributed by atoms with E-state index in [1.165, 1.54) is 6.26 Å². The lowest BCUT2D eigenvalue weighted by Crippen LogP contribution is -2.30. The van der Waals surface area contributed by atoms with Crippen LogP contribution in [-0.4, -0.2) is 44.4 Å². The minimum absolute atomic E-state index is 0.133. The number of hydrogen-bond acceptors (Lipinski definition) is 6. The summed E-state index contributed by atoms with van der Waals surface area (Å²) >= 11 is 1.68. The van der Waals surface area contributed by atoms with Gasteiger partial charge in [0.1, 0.15) is 11.1 Å². The number of benzene rings is 1. The third kappa shape index (κ3) is 2.91. The Morgan fingerprint density at radius 1 is 1.17 bits per heavy atom. The van der Waals surface area contributed by atoms with Gasteiger partial charge >= 0.3 is 0 Å². The van der Waals surface area contributed by atoms with Crippen LogP contribution in [0.15, 0.2) is 34.9 Å². The van der Waals surface area contributed by atoms with Crippen LogP contribution < -0.4 is 14.2 Å². The lowest BCUT2D eigenvalue weighted by Gasteiger charge is -2.25. The first-order chi connectivity index (χ1) is 11.7. The van der Waals surface area contributed by atoms with Gasteiger partial charge in [0.2, 0.25) is 0 Å². The van der Waals surface area contributed by atoms with Crippen LogP contribution in [0.1, 0.15) is 21.5 Å². The number of rotatable bonds is 5. The van der Waals surface area contributed by atoms with E-state index in [0.29, 0.717) is 29.6 Å². The maximum Gasteiger partial charge on any atom is 0.290 e. The Kier molecular flexibility index (Phi) is 4.89. The summed E-state index contributed by atoms with van der Waals surface area (Å²) in [4.78, 5) is 14.5. The van der Waals surface area contributed by atoms with Gasteiger partial charge in [-0.05, 0) is 18.2 Å². The van der Waals surface area contributed by atoms with Gasteiger partial charge in [0.15, 0.2) is 17.3 Å². The van der Waals surface area contributed by atoms with Gasteiger partial charge in [-0.15, -0.1) is 11.8 Å². The number of carbonyl (C=O) groups excluding carboxylic acids is 1. The predicted octanol–water partition coefficient (Wildman–Crippen LogP) is 3.19. The molecule has 1 aliphatic rings. The van der Waals surface area contributed by atoms with Crippen LogP contribution in [-0.2, 0) is 0 Å². The van der Waals surface area contributed by atoms with E-state index in [1.54, 1.807) is 56.2 Å². The monoisotopic (exact) mass is 349 g/mol. The lowest BCUT2D eigenvalue weighted by atomic mass is 10.1. The highest BCUT2D eigenvalue weighted by Gasteiger charge is 2.35. The summed E-state index contributed by atoms with van der Waals surface area (Å²) in [5.74, 6) is 2.89. The van der Waals surface area contributed by atoms with Gasteiger partial charge in [0.05, 0.1) is 27.6 Å². The number of amides is 1. The molecular weight excluding hydrogens is 330 g/mol. The molecule has 128 valence electrons.